The van der Waals surface area contributed by atoms with Crippen LogP contribution in [0.3, 0.4) is 0 Å². The Bertz CT molecular complexity index is 947. The fraction of sp³-hybridized carbons (Fsp3) is 0.381. The molecule has 3 aromatic rings. The van der Waals surface area contributed by atoms with Crippen LogP contribution in [0.25, 0.3) is 11.0 Å². The quantitative estimate of drug-likeness (QED) is 0.535. The van der Waals surface area contributed by atoms with Crippen LogP contribution in [0.2, 0.25) is 0 Å². The van der Waals surface area contributed by atoms with E-state index in [-0.39, 0.29) is 24.8 Å². The molecule has 0 aliphatic rings. The first-order valence-electron chi connectivity index (χ1n) is 9.91. The van der Waals surface area contributed by atoms with Gasteiger partial charge in [-0.25, -0.2) is 4.98 Å². The van der Waals surface area contributed by atoms with Crippen LogP contribution in [0.15, 0.2) is 41.8 Å². The Morgan fingerprint density at radius 2 is 1.93 bits per heavy atom. The molecule has 2 N–H and O–H groups in total. The highest BCUT2D eigenvalue weighted by atomic mass is 32.1. The smallest absolute Gasteiger partial charge is 0.261 e. The van der Waals surface area contributed by atoms with E-state index in [0.29, 0.717) is 10.8 Å². The van der Waals surface area contributed by atoms with E-state index >= 15 is 0 Å². The lowest BCUT2D eigenvalue weighted by Gasteiger charge is -2.19. The van der Waals surface area contributed by atoms with Gasteiger partial charge in [0.15, 0.2) is 0 Å². The highest BCUT2D eigenvalue weighted by Crippen LogP contribution is 2.19. The lowest BCUT2D eigenvalue weighted by molar-refractivity contribution is -0.116. The maximum atomic E-state index is 12.4. The van der Waals surface area contributed by atoms with Gasteiger partial charge in [0.25, 0.3) is 5.91 Å². The van der Waals surface area contributed by atoms with E-state index < -0.39 is 0 Å². The number of thiophene rings is 1. The summed E-state index contributed by atoms with van der Waals surface area (Å²) in [5.74, 6) is 0.225. The minimum Gasteiger partial charge on any atom is -0.351 e. The molecule has 0 radical (unpaired) electrons. The molecule has 8 heteroatoms. The van der Waals surface area contributed by atoms with Crippen molar-refractivity contribution in [1.82, 2.24) is 19.8 Å². The topological polar surface area (TPSA) is 79.3 Å². The van der Waals surface area contributed by atoms with Crippen molar-refractivity contribution in [3.8, 4) is 0 Å². The van der Waals surface area contributed by atoms with Crippen LogP contribution in [0.1, 0.15) is 29.9 Å². The molecule has 0 saturated heterocycles. The molecule has 0 fully saturated rings. The summed E-state index contributed by atoms with van der Waals surface area (Å²) in [6.07, 6.45) is 0.191. The lowest BCUT2D eigenvalue weighted by Crippen LogP contribution is -2.29. The number of hydrogen-bond acceptors (Lipinski definition) is 5. The molecular weight excluding hydrogens is 386 g/mol. The monoisotopic (exact) mass is 413 g/mol. The minimum atomic E-state index is -0.170. The van der Waals surface area contributed by atoms with E-state index in [0.717, 1.165) is 37.2 Å². The molecule has 2 aromatic heterocycles. The Hall–Kier alpha value is -2.71. The Balaban J connectivity index is 1.62. The summed E-state index contributed by atoms with van der Waals surface area (Å²) in [4.78, 5) is 32.0. The van der Waals surface area contributed by atoms with Gasteiger partial charge in [0.05, 0.1) is 15.9 Å². The number of para-hydroxylation sites is 2. The number of nitrogens with one attached hydrogen (secondary N) is 2. The van der Waals surface area contributed by atoms with Gasteiger partial charge in [0.1, 0.15) is 0 Å². The number of aromatic nitrogens is 2. The second-order valence-corrected chi connectivity index (χ2v) is 7.58. The Kier molecular flexibility index (Phi) is 7.37. The Labute approximate surface area is 174 Å². The molecule has 7 nitrogen and oxygen atoms in total. The number of rotatable bonds is 10. The van der Waals surface area contributed by atoms with Crippen LogP contribution < -0.4 is 10.6 Å². The summed E-state index contributed by atoms with van der Waals surface area (Å²) in [5, 5.41) is 7.54. The maximum Gasteiger partial charge on any atom is 0.261 e. The molecule has 0 saturated carbocycles. The standard InChI is InChI=1S/C21H27N5O2S/c1-3-25(4-2)13-14-26-17-9-6-5-8-16(17)23-21(26)24-19(27)11-12-22-20(28)18-10-7-15-29-18/h5-10,15H,3-4,11-14H2,1-2H3,(H,22,28)(H,23,24,27). The zero-order valence-electron chi connectivity index (χ0n) is 16.9. The fourth-order valence-corrected chi connectivity index (χ4v) is 3.79. The van der Waals surface area contributed by atoms with Gasteiger partial charge in [-0.05, 0) is 36.7 Å². The third kappa shape index (κ3) is 5.42. The summed E-state index contributed by atoms with van der Waals surface area (Å²) in [6, 6.07) is 11.5. The van der Waals surface area contributed by atoms with Crippen LogP contribution in [-0.2, 0) is 11.3 Å². The van der Waals surface area contributed by atoms with Crippen molar-refractivity contribution in [2.75, 3.05) is 31.5 Å². The summed E-state index contributed by atoms with van der Waals surface area (Å²) in [7, 11) is 0. The molecule has 0 atom stereocenters. The average molecular weight is 414 g/mol. The first-order chi connectivity index (χ1) is 14.1. The first kappa shape index (κ1) is 21.0. The summed E-state index contributed by atoms with van der Waals surface area (Å²) >= 11 is 1.38. The zero-order chi connectivity index (χ0) is 20.6. The molecule has 0 aliphatic heterocycles. The second-order valence-electron chi connectivity index (χ2n) is 6.63. The predicted molar refractivity (Wildman–Crippen MR) is 117 cm³/mol. The number of amides is 2. The molecule has 1 aromatic carbocycles. The summed E-state index contributed by atoms with van der Waals surface area (Å²) < 4.78 is 2.05. The van der Waals surface area contributed by atoms with Gasteiger partial charge < -0.3 is 14.8 Å². The van der Waals surface area contributed by atoms with Crippen molar-refractivity contribution in [2.45, 2.75) is 26.8 Å². The van der Waals surface area contributed by atoms with Gasteiger partial charge in [-0.3, -0.25) is 14.9 Å². The fourth-order valence-electron chi connectivity index (χ4n) is 3.15. The molecule has 0 unspecified atom stereocenters. The van der Waals surface area contributed by atoms with E-state index in [1.54, 1.807) is 6.07 Å². The van der Waals surface area contributed by atoms with Crippen LogP contribution in [-0.4, -0.2) is 52.4 Å². The molecular formula is C21H27N5O2S. The summed E-state index contributed by atoms with van der Waals surface area (Å²) in [6.45, 7) is 8.15. The number of hydrogen-bond donors (Lipinski definition) is 2. The number of imidazole rings is 1. The normalized spacial score (nSPS) is 11.1. The average Bonchev–Trinajstić information content (AvgIpc) is 3.37. The van der Waals surface area contributed by atoms with Gasteiger partial charge in [-0.2, -0.15) is 0 Å². The molecule has 0 aliphatic carbocycles. The van der Waals surface area contributed by atoms with E-state index in [9.17, 15) is 9.59 Å². The number of likely N-dealkylation sites (N-methyl/N-ethyl adjacent to an activating group) is 1. The van der Waals surface area contributed by atoms with Crippen LogP contribution >= 0.6 is 11.3 Å². The van der Waals surface area contributed by atoms with E-state index in [1.165, 1.54) is 11.3 Å². The molecule has 3 rings (SSSR count). The van der Waals surface area contributed by atoms with Crippen molar-refractivity contribution >= 4 is 40.1 Å². The number of nitrogens with zero attached hydrogens (tertiary/aromatic N) is 3. The highest BCUT2D eigenvalue weighted by molar-refractivity contribution is 7.12. The molecule has 154 valence electrons. The number of carbonyl (C=O) groups is 2. The van der Waals surface area contributed by atoms with Crippen molar-refractivity contribution in [3.05, 3.63) is 46.7 Å². The number of carbonyl (C=O) groups excluding carboxylic acids is 2. The first-order valence-corrected chi connectivity index (χ1v) is 10.8. The Morgan fingerprint density at radius 3 is 2.66 bits per heavy atom. The van der Waals surface area contributed by atoms with Crippen molar-refractivity contribution in [2.24, 2.45) is 0 Å². The molecule has 0 spiro atoms. The third-order valence-electron chi connectivity index (χ3n) is 4.82. The van der Waals surface area contributed by atoms with Crippen molar-refractivity contribution in [3.63, 3.8) is 0 Å². The lowest BCUT2D eigenvalue weighted by atomic mass is 10.3. The number of benzene rings is 1. The van der Waals surface area contributed by atoms with Gasteiger partial charge in [0.2, 0.25) is 11.9 Å². The number of fused-ring (bicyclic) bond motifs is 1. The van der Waals surface area contributed by atoms with Gasteiger partial charge in [-0.1, -0.05) is 32.0 Å². The van der Waals surface area contributed by atoms with Crippen molar-refractivity contribution < 1.29 is 9.59 Å². The van der Waals surface area contributed by atoms with Gasteiger partial charge in [-0.15, -0.1) is 11.3 Å². The number of anilines is 1. The van der Waals surface area contributed by atoms with E-state index in [1.807, 2.05) is 35.7 Å². The SMILES string of the molecule is CCN(CC)CCn1c(NC(=O)CCNC(=O)c2cccs2)nc2ccccc21. The molecule has 0 bridgehead atoms. The van der Waals surface area contributed by atoms with Crippen LogP contribution in [0, 0.1) is 0 Å². The zero-order valence-corrected chi connectivity index (χ0v) is 17.7. The third-order valence-corrected chi connectivity index (χ3v) is 5.69. The van der Waals surface area contributed by atoms with E-state index in [2.05, 4.69) is 38.9 Å². The maximum absolute atomic E-state index is 12.4. The second kappa shape index (κ2) is 10.2. The minimum absolute atomic E-state index is 0.153. The molecule has 2 amide bonds. The summed E-state index contributed by atoms with van der Waals surface area (Å²) in [5.41, 5.74) is 1.86. The molecule has 2 heterocycles. The van der Waals surface area contributed by atoms with Crippen LogP contribution in [0.4, 0.5) is 5.95 Å². The largest absolute Gasteiger partial charge is 0.351 e. The van der Waals surface area contributed by atoms with Crippen LogP contribution in [0.5, 0.6) is 0 Å². The predicted octanol–water partition coefficient (Wildman–Crippen LogP) is 3.20. The molecule has 29 heavy (non-hydrogen) atoms. The van der Waals surface area contributed by atoms with Gasteiger partial charge in [0, 0.05) is 26.1 Å². The van der Waals surface area contributed by atoms with E-state index in [4.69, 9.17) is 0 Å². The Morgan fingerprint density at radius 1 is 1.14 bits per heavy atom. The highest BCUT2D eigenvalue weighted by Gasteiger charge is 2.14. The van der Waals surface area contributed by atoms with Crippen molar-refractivity contribution in [1.29, 1.82) is 0 Å². The van der Waals surface area contributed by atoms with Gasteiger partial charge >= 0.3 is 0 Å².